The second-order valence-corrected chi connectivity index (χ2v) is 6.76. The van der Waals surface area contributed by atoms with E-state index in [4.69, 9.17) is 14.0 Å². The van der Waals surface area contributed by atoms with Crippen LogP contribution in [0.25, 0.3) is 0 Å². The fraction of sp³-hybridized carbons (Fsp3) is 0.562. The SMILES string of the molecule is COc1cc(C(CC(=O)O)B2OC(C)(C)C(C)(C)O2)ccc1O. The van der Waals surface area contributed by atoms with Crippen molar-refractivity contribution in [1.29, 1.82) is 0 Å². The fourth-order valence-corrected chi connectivity index (χ4v) is 2.54. The molecule has 7 heteroatoms. The summed E-state index contributed by atoms with van der Waals surface area (Å²) < 4.78 is 17.1. The van der Waals surface area contributed by atoms with Crippen LogP contribution in [-0.2, 0) is 14.1 Å². The summed E-state index contributed by atoms with van der Waals surface area (Å²) in [5.41, 5.74) is -0.411. The number of methoxy groups -OCH3 is 1. The highest BCUT2D eigenvalue weighted by molar-refractivity contribution is 6.48. The summed E-state index contributed by atoms with van der Waals surface area (Å²) in [4.78, 5) is 11.3. The van der Waals surface area contributed by atoms with Gasteiger partial charge in [0.15, 0.2) is 11.5 Å². The molecule has 1 atom stereocenters. The number of phenolic OH excluding ortho intramolecular Hbond substituents is 1. The van der Waals surface area contributed by atoms with Crippen molar-refractivity contribution in [3.05, 3.63) is 23.8 Å². The molecule has 126 valence electrons. The van der Waals surface area contributed by atoms with Crippen LogP contribution in [-0.4, -0.2) is 41.6 Å². The maximum atomic E-state index is 11.3. The molecular formula is C16H23BO6. The van der Waals surface area contributed by atoms with E-state index < -0.39 is 30.1 Å². The van der Waals surface area contributed by atoms with Gasteiger partial charge in [-0.15, -0.1) is 0 Å². The average Bonchev–Trinajstić information content (AvgIpc) is 2.65. The molecule has 1 aliphatic rings. The Morgan fingerprint density at radius 2 is 1.83 bits per heavy atom. The molecule has 2 N–H and O–H groups in total. The van der Waals surface area contributed by atoms with Gasteiger partial charge in [-0.25, -0.2) is 0 Å². The lowest BCUT2D eigenvalue weighted by molar-refractivity contribution is -0.137. The van der Waals surface area contributed by atoms with E-state index in [1.807, 2.05) is 27.7 Å². The second kappa shape index (κ2) is 6.05. The van der Waals surface area contributed by atoms with Gasteiger partial charge in [-0.05, 0) is 45.4 Å². The van der Waals surface area contributed by atoms with Crippen molar-refractivity contribution >= 4 is 13.1 Å². The highest BCUT2D eigenvalue weighted by Gasteiger charge is 2.54. The van der Waals surface area contributed by atoms with Gasteiger partial charge in [0.05, 0.1) is 24.7 Å². The monoisotopic (exact) mass is 322 g/mol. The molecule has 0 spiro atoms. The summed E-state index contributed by atoms with van der Waals surface area (Å²) >= 11 is 0. The molecule has 0 bridgehead atoms. The van der Waals surface area contributed by atoms with Gasteiger partial charge in [0.1, 0.15) is 0 Å². The van der Waals surface area contributed by atoms with Crippen molar-refractivity contribution in [2.45, 2.75) is 51.1 Å². The van der Waals surface area contributed by atoms with Crippen LogP contribution in [0.4, 0.5) is 0 Å². The van der Waals surface area contributed by atoms with Gasteiger partial charge in [-0.1, -0.05) is 6.07 Å². The lowest BCUT2D eigenvalue weighted by Gasteiger charge is -2.32. The zero-order valence-electron chi connectivity index (χ0n) is 14.1. The lowest BCUT2D eigenvalue weighted by atomic mass is 9.66. The molecule has 0 aliphatic carbocycles. The molecular weight excluding hydrogens is 299 g/mol. The zero-order chi connectivity index (χ0) is 17.4. The van der Waals surface area contributed by atoms with E-state index in [1.54, 1.807) is 12.1 Å². The molecule has 1 heterocycles. The van der Waals surface area contributed by atoms with Crippen LogP contribution in [0.2, 0.25) is 0 Å². The number of carboxylic acids is 1. The number of carbonyl (C=O) groups is 1. The van der Waals surface area contributed by atoms with E-state index in [0.29, 0.717) is 5.56 Å². The average molecular weight is 322 g/mol. The second-order valence-electron chi connectivity index (χ2n) is 6.76. The van der Waals surface area contributed by atoms with E-state index >= 15 is 0 Å². The minimum absolute atomic E-state index is 0.000701. The topological polar surface area (TPSA) is 85.2 Å². The first kappa shape index (κ1) is 17.6. The number of benzene rings is 1. The fourth-order valence-electron chi connectivity index (χ4n) is 2.54. The first-order chi connectivity index (χ1) is 10.6. The molecule has 0 amide bonds. The number of ether oxygens (including phenoxy) is 1. The molecule has 23 heavy (non-hydrogen) atoms. The smallest absolute Gasteiger partial charge is 0.466 e. The summed E-state index contributed by atoms with van der Waals surface area (Å²) in [6, 6.07) is 4.76. The Hall–Kier alpha value is -1.73. The summed E-state index contributed by atoms with van der Waals surface area (Å²) in [6.07, 6.45) is -0.148. The number of hydrogen-bond acceptors (Lipinski definition) is 5. The van der Waals surface area contributed by atoms with Crippen LogP contribution in [0.3, 0.4) is 0 Å². The first-order valence-electron chi connectivity index (χ1n) is 7.52. The van der Waals surface area contributed by atoms with Crippen LogP contribution < -0.4 is 4.74 Å². The summed E-state index contributed by atoms with van der Waals surface area (Å²) in [5.74, 6) is -1.17. The van der Waals surface area contributed by atoms with Gasteiger partial charge in [0.25, 0.3) is 0 Å². The Kier molecular flexibility index (Phi) is 4.64. The number of hydrogen-bond donors (Lipinski definition) is 2. The Morgan fingerprint density at radius 1 is 1.26 bits per heavy atom. The van der Waals surface area contributed by atoms with Crippen LogP contribution in [0.15, 0.2) is 18.2 Å². The molecule has 2 rings (SSSR count). The maximum Gasteiger partial charge on any atom is 0.466 e. The third-order valence-corrected chi connectivity index (χ3v) is 4.63. The van der Waals surface area contributed by atoms with Gasteiger partial charge in [0, 0.05) is 5.82 Å². The molecule has 1 saturated heterocycles. The minimum atomic E-state index is -0.947. The van der Waals surface area contributed by atoms with Gasteiger partial charge in [-0.2, -0.15) is 0 Å². The number of aromatic hydroxyl groups is 1. The minimum Gasteiger partial charge on any atom is -0.504 e. The largest absolute Gasteiger partial charge is 0.504 e. The van der Waals surface area contributed by atoms with E-state index in [-0.39, 0.29) is 17.9 Å². The molecule has 1 aliphatic heterocycles. The molecule has 1 aromatic rings. The molecule has 0 saturated carbocycles. The van der Waals surface area contributed by atoms with Gasteiger partial charge < -0.3 is 24.3 Å². The van der Waals surface area contributed by atoms with E-state index in [9.17, 15) is 15.0 Å². The first-order valence-corrected chi connectivity index (χ1v) is 7.52. The Labute approximate surface area is 136 Å². The molecule has 1 fully saturated rings. The van der Waals surface area contributed by atoms with Gasteiger partial charge >= 0.3 is 13.1 Å². The number of phenols is 1. The van der Waals surface area contributed by atoms with Crippen molar-refractivity contribution in [1.82, 2.24) is 0 Å². The lowest BCUT2D eigenvalue weighted by Crippen LogP contribution is -2.41. The Balaban J connectivity index is 2.37. The predicted molar refractivity (Wildman–Crippen MR) is 85.7 cm³/mol. The summed E-state index contributed by atoms with van der Waals surface area (Å²) in [6.45, 7) is 7.68. The van der Waals surface area contributed by atoms with Crippen molar-refractivity contribution in [2.24, 2.45) is 0 Å². The molecule has 0 aromatic heterocycles. The van der Waals surface area contributed by atoms with Crippen molar-refractivity contribution in [3.63, 3.8) is 0 Å². The molecule has 1 aromatic carbocycles. The van der Waals surface area contributed by atoms with Crippen molar-refractivity contribution in [3.8, 4) is 11.5 Å². The normalized spacial score (nSPS) is 20.3. The van der Waals surface area contributed by atoms with E-state index in [1.165, 1.54) is 13.2 Å². The maximum absolute atomic E-state index is 11.3. The quantitative estimate of drug-likeness (QED) is 0.811. The highest BCUT2D eigenvalue weighted by atomic mass is 16.7. The predicted octanol–water partition coefficient (Wildman–Crippen LogP) is 2.59. The summed E-state index contributed by atoms with van der Waals surface area (Å²) in [5, 5.41) is 19.0. The van der Waals surface area contributed by atoms with Crippen LogP contribution in [0.1, 0.15) is 45.5 Å². The van der Waals surface area contributed by atoms with E-state index in [2.05, 4.69) is 0 Å². The van der Waals surface area contributed by atoms with Crippen LogP contribution in [0.5, 0.6) is 11.5 Å². The number of carboxylic acid groups (broad SMARTS) is 1. The van der Waals surface area contributed by atoms with Crippen LogP contribution >= 0.6 is 0 Å². The standard InChI is InChI=1S/C16H23BO6/c1-15(2)16(3,4)23-17(22-15)11(9-14(19)20)10-6-7-12(18)13(8-10)21-5/h6-8,11,18H,9H2,1-5H3,(H,19,20). The van der Waals surface area contributed by atoms with Gasteiger partial charge in [-0.3, -0.25) is 4.79 Å². The number of rotatable bonds is 5. The zero-order valence-corrected chi connectivity index (χ0v) is 14.1. The summed E-state index contributed by atoms with van der Waals surface area (Å²) in [7, 11) is 0.755. The van der Waals surface area contributed by atoms with E-state index in [0.717, 1.165) is 0 Å². The third kappa shape index (κ3) is 3.45. The molecule has 0 radical (unpaired) electrons. The molecule has 6 nitrogen and oxygen atoms in total. The number of aliphatic carboxylic acids is 1. The molecule has 1 unspecified atom stereocenters. The third-order valence-electron chi connectivity index (χ3n) is 4.63. The Bertz CT molecular complexity index is 582. The van der Waals surface area contributed by atoms with Gasteiger partial charge in [0.2, 0.25) is 0 Å². The van der Waals surface area contributed by atoms with Crippen molar-refractivity contribution < 1.29 is 29.1 Å². The highest BCUT2D eigenvalue weighted by Crippen LogP contribution is 2.42. The Morgan fingerprint density at radius 3 is 2.30 bits per heavy atom. The van der Waals surface area contributed by atoms with Crippen molar-refractivity contribution in [2.75, 3.05) is 7.11 Å². The van der Waals surface area contributed by atoms with Crippen LogP contribution in [0, 0.1) is 0 Å².